The summed E-state index contributed by atoms with van der Waals surface area (Å²) in [4.78, 5) is 12.5. The number of unbranched alkanes of at least 4 members (excludes halogenated alkanes) is 1. The van der Waals surface area contributed by atoms with E-state index in [1.165, 1.54) is 6.08 Å². The van der Waals surface area contributed by atoms with Crippen molar-refractivity contribution in [1.82, 2.24) is 0 Å². The second-order valence-electron chi connectivity index (χ2n) is 6.42. The number of hydrogen-bond donors (Lipinski definition) is 1. The average molecular weight is 408 g/mol. The van der Waals surface area contributed by atoms with Gasteiger partial charge in [0.2, 0.25) is 0 Å². The highest BCUT2D eigenvalue weighted by Gasteiger charge is 2.12. The molecule has 0 fully saturated rings. The molecule has 0 saturated carbocycles. The summed E-state index contributed by atoms with van der Waals surface area (Å²) in [6.07, 6.45) is 3.53. The predicted octanol–water partition coefficient (Wildman–Crippen LogP) is 5.21. The summed E-state index contributed by atoms with van der Waals surface area (Å²) >= 11 is 0. The third kappa shape index (κ3) is 6.85. The summed E-state index contributed by atoms with van der Waals surface area (Å²) in [5.41, 5.74) is 1.25. The van der Waals surface area contributed by atoms with Gasteiger partial charge in [-0.15, -0.1) is 0 Å². The summed E-state index contributed by atoms with van der Waals surface area (Å²) in [6, 6.07) is 14.3. The van der Waals surface area contributed by atoms with Gasteiger partial charge in [0.15, 0.2) is 11.5 Å². The summed E-state index contributed by atoms with van der Waals surface area (Å²) in [7, 11) is 0. The second-order valence-corrected chi connectivity index (χ2v) is 6.42. The Morgan fingerprint density at radius 3 is 2.37 bits per heavy atom. The number of benzene rings is 2. The van der Waals surface area contributed by atoms with E-state index in [-0.39, 0.29) is 5.57 Å². The van der Waals surface area contributed by atoms with Crippen molar-refractivity contribution >= 4 is 17.7 Å². The lowest BCUT2D eigenvalue weighted by Gasteiger charge is -2.12. The molecule has 0 heterocycles. The Labute approximate surface area is 178 Å². The molecular formula is C24H28N2O4. The highest BCUT2D eigenvalue weighted by molar-refractivity contribution is 6.09. The number of nitriles is 1. The van der Waals surface area contributed by atoms with Crippen LogP contribution in [0.15, 0.2) is 48.0 Å². The van der Waals surface area contributed by atoms with Crippen LogP contribution in [0.5, 0.6) is 17.2 Å². The quantitative estimate of drug-likeness (QED) is 0.314. The van der Waals surface area contributed by atoms with Crippen LogP contribution in [0.3, 0.4) is 0 Å². The summed E-state index contributed by atoms with van der Waals surface area (Å²) in [5, 5.41) is 12.2. The van der Waals surface area contributed by atoms with Gasteiger partial charge in [-0.05, 0) is 68.3 Å². The third-order valence-corrected chi connectivity index (χ3v) is 4.12. The Bertz CT molecular complexity index is 898. The van der Waals surface area contributed by atoms with E-state index in [0.29, 0.717) is 42.6 Å². The number of hydrogen-bond acceptors (Lipinski definition) is 5. The van der Waals surface area contributed by atoms with Gasteiger partial charge in [0.1, 0.15) is 17.4 Å². The van der Waals surface area contributed by atoms with Crippen molar-refractivity contribution in [3.63, 3.8) is 0 Å². The molecule has 0 aromatic heterocycles. The van der Waals surface area contributed by atoms with Crippen LogP contribution in [-0.2, 0) is 4.79 Å². The van der Waals surface area contributed by atoms with Crippen LogP contribution < -0.4 is 19.5 Å². The van der Waals surface area contributed by atoms with Gasteiger partial charge in [0, 0.05) is 5.69 Å². The molecule has 1 amide bonds. The van der Waals surface area contributed by atoms with Crippen LogP contribution in [0.25, 0.3) is 6.08 Å². The Balaban J connectivity index is 2.16. The fraction of sp³-hybridized carbons (Fsp3) is 0.333. The normalized spacial score (nSPS) is 10.8. The molecule has 2 aromatic rings. The number of anilines is 1. The average Bonchev–Trinajstić information content (AvgIpc) is 2.75. The monoisotopic (exact) mass is 408 g/mol. The summed E-state index contributed by atoms with van der Waals surface area (Å²) in [5.74, 6) is 1.48. The molecule has 0 radical (unpaired) electrons. The molecule has 6 nitrogen and oxygen atoms in total. The van der Waals surface area contributed by atoms with E-state index < -0.39 is 5.91 Å². The van der Waals surface area contributed by atoms with E-state index in [4.69, 9.17) is 14.2 Å². The minimum atomic E-state index is -0.483. The first-order valence-electron chi connectivity index (χ1n) is 10.2. The van der Waals surface area contributed by atoms with Gasteiger partial charge in [-0.25, -0.2) is 0 Å². The molecule has 0 atom stereocenters. The van der Waals surface area contributed by atoms with Crippen molar-refractivity contribution in [3.05, 3.63) is 53.6 Å². The van der Waals surface area contributed by atoms with Crippen LogP contribution in [-0.4, -0.2) is 25.7 Å². The first kappa shape index (κ1) is 22.8. The van der Waals surface area contributed by atoms with E-state index >= 15 is 0 Å². The molecule has 0 aliphatic heterocycles. The van der Waals surface area contributed by atoms with Crippen molar-refractivity contribution in [2.45, 2.75) is 33.6 Å². The first-order chi connectivity index (χ1) is 14.6. The van der Waals surface area contributed by atoms with Crippen molar-refractivity contribution in [3.8, 4) is 23.3 Å². The van der Waals surface area contributed by atoms with Crippen LogP contribution in [0.2, 0.25) is 0 Å². The lowest BCUT2D eigenvalue weighted by molar-refractivity contribution is -0.112. The van der Waals surface area contributed by atoms with Crippen molar-refractivity contribution < 1.29 is 19.0 Å². The van der Waals surface area contributed by atoms with Gasteiger partial charge in [-0.3, -0.25) is 4.79 Å². The molecule has 0 unspecified atom stereocenters. The Hall–Kier alpha value is -3.46. The van der Waals surface area contributed by atoms with Crippen LogP contribution in [0.4, 0.5) is 5.69 Å². The van der Waals surface area contributed by atoms with Gasteiger partial charge >= 0.3 is 0 Å². The molecule has 0 aliphatic carbocycles. The minimum absolute atomic E-state index is 0.00835. The predicted molar refractivity (Wildman–Crippen MR) is 118 cm³/mol. The fourth-order valence-corrected chi connectivity index (χ4v) is 2.64. The van der Waals surface area contributed by atoms with E-state index in [9.17, 15) is 10.1 Å². The number of carbonyl (C=O) groups is 1. The molecule has 2 rings (SSSR count). The van der Waals surface area contributed by atoms with Gasteiger partial charge in [-0.1, -0.05) is 19.4 Å². The van der Waals surface area contributed by atoms with Crippen molar-refractivity contribution in [2.24, 2.45) is 0 Å². The van der Waals surface area contributed by atoms with Crippen LogP contribution in [0, 0.1) is 11.3 Å². The fourth-order valence-electron chi connectivity index (χ4n) is 2.64. The maximum absolute atomic E-state index is 12.5. The van der Waals surface area contributed by atoms with Gasteiger partial charge in [0.25, 0.3) is 5.91 Å². The standard InChI is InChI=1S/C24H28N2O4/c1-4-7-14-30-22-13-8-18(16-23(22)29-6-3)15-19(17-25)24(27)26-20-9-11-21(12-10-20)28-5-2/h8-13,15-16H,4-7,14H2,1-3H3,(H,26,27). The SMILES string of the molecule is CCCCOc1ccc(C=C(C#N)C(=O)Nc2ccc(OCC)cc2)cc1OCC. The molecule has 30 heavy (non-hydrogen) atoms. The van der Waals surface area contributed by atoms with Crippen molar-refractivity contribution in [1.29, 1.82) is 5.26 Å². The van der Waals surface area contributed by atoms with Gasteiger partial charge in [0.05, 0.1) is 19.8 Å². The van der Waals surface area contributed by atoms with Gasteiger partial charge < -0.3 is 19.5 Å². The largest absolute Gasteiger partial charge is 0.494 e. The smallest absolute Gasteiger partial charge is 0.266 e. The number of nitrogens with zero attached hydrogens (tertiary/aromatic N) is 1. The van der Waals surface area contributed by atoms with E-state index in [1.807, 2.05) is 19.9 Å². The van der Waals surface area contributed by atoms with Crippen molar-refractivity contribution in [2.75, 3.05) is 25.1 Å². The molecule has 158 valence electrons. The molecular weight excluding hydrogens is 380 g/mol. The molecule has 0 aliphatic rings. The minimum Gasteiger partial charge on any atom is -0.494 e. The number of ether oxygens (including phenoxy) is 3. The number of amides is 1. The third-order valence-electron chi connectivity index (χ3n) is 4.12. The molecule has 0 bridgehead atoms. The Kier molecular flexibility index (Phi) is 9.26. The highest BCUT2D eigenvalue weighted by atomic mass is 16.5. The topological polar surface area (TPSA) is 80.6 Å². The molecule has 0 spiro atoms. The maximum Gasteiger partial charge on any atom is 0.266 e. The number of rotatable bonds is 11. The molecule has 1 N–H and O–H groups in total. The summed E-state index contributed by atoms with van der Waals surface area (Å²) < 4.78 is 16.8. The van der Waals surface area contributed by atoms with E-state index in [0.717, 1.165) is 18.6 Å². The van der Waals surface area contributed by atoms with Crippen LogP contribution >= 0.6 is 0 Å². The number of nitrogens with one attached hydrogen (secondary N) is 1. The zero-order valence-electron chi connectivity index (χ0n) is 17.7. The molecule has 0 saturated heterocycles. The highest BCUT2D eigenvalue weighted by Crippen LogP contribution is 2.29. The first-order valence-corrected chi connectivity index (χ1v) is 10.2. The van der Waals surface area contributed by atoms with E-state index in [2.05, 4.69) is 12.2 Å². The van der Waals surface area contributed by atoms with Gasteiger partial charge in [-0.2, -0.15) is 5.26 Å². The maximum atomic E-state index is 12.5. The Morgan fingerprint density at radius 2 is 1.73 bits per heavy atom. The van der Waals surface area contributed by atoms with E-state index in [1.54, 1.807) is 42.5 Å². The molecule has 2 aromatic carbocycles. The summed E-state index contributed by atoms with van der Waals surface area (Å²) in [6.45, 7) is 7.56. The molecule has 6 heteroatoms. The lowest BCUT2D eigenvalue weighted by atomic mass is 10.1. The second kappa shape index (κ2) is 12.2. The zero-order valence-corrected chi connectivity index (χ0v) is 17.7. The number of carbonyl (C=O) groups excluding carboxylic acids is 1. The lowest BCUT2D eigenvalue weighted by Crippen LogP contribution is -2.13. The zero-order chi connectivity index (χ0) is 21.8. The van der Waals surface area contributed by atoms with Crippen LogP contribution in [0.1, 0.15) is 39.2 Å². The Morgan fingerprint density at radius 1 is 1.00 bits per heavy atom.